The van der Waals surface area contributed by atoms with Gasteiger partial charge in [0.1, 0.15) is 0 Å². The van der Waals surface area contributed by atoms with E-state index in [1.165, 1.54) is 0 Å². The molecule has 1 saturated heterocycles. The first kappa shape index (κ1) is 14.0. The van der Waals surface area contributed by atoms with E-state index in [0.717, 1.165) is 45.2 Å². The minimum absolute atomic E-state index is 0.396. The standard InChI is InChI=1S/C14H29NO/c1-5-13(6-2)14(16)8-7-10-15(11-9-14)12(3)4/h12-13,16H,5-11H2,1-4H3. The number of rotatable bonds is 4. The van der Waals surface area contributed by atoms with Crippen molar-refractivity contribution in [1.82, 2.24) is 4.90 Å². The first-order valence-electron chi connectivity index (χ1n) is 7.00. The van der Waals surface area contributed by atoms with Crippen LogP contribution in [0.1, 0.15) is 59.8 Å². The van der Waals surface area contributed by atoms with E-state index in [-0.39, 0.29) is 0 Å². The van der Waals surface area contributed by atoms with Gasteiger partial charge in [-0.1, -0.05) is 26.7 Å². The summed E-state index contributed by atoms with van der Waals surface area (Å²) in [5.74, 6) is 0.486. The Kier molecular flexibility index (Phi) is 5.26. The van der Waals surface area contributed by atoms with Gasteiger partial charge in [0.05, 0.1) is 5.60 Å². The van der Waals surface area contributed by atoms with Gasteiger partial charge in [0.15, 0.2) is 0 Å². The van der Waals surface area contributed by atoms with Crippen LogP contribution in [-0.2, 0) is 0 Å². The van der Waals surface area contributed by atoms with Gasteiger partial charge in [0.2, 0.25) is 0 Å². The lowest BCUT2D eigenvalue weighted by Crippen LogP contribution is -2.39. The summed E-state index contributed by atoms with van der Waals surface area (Å²) in [4.78, 5) is 2.50. The highest BCUT2D eigenvalue weighted by Gasteiger charge is 2.36. The molecule has 0 spiro atoms. The molecule has 1 fully saturated rings. The van der Waals surface area contributed by atoms with E-state index in [4.69, 9.17) is 0 Å². The van der Waals surface area contributed by atoms with Crippen molar-refractivity contribution in [3.63, 3.8) is 0 Å². The van der Waals surface area contributed by atoms with Crippen molar-refractivity contribution in [3.8, 4) is 0 Å². The molecule has 1 aliphatic rings. The first-order chi connectivity index (χ1) is 7.53. The zero-order valence-electron chi connectivity index (χ0n) is 11.5. The molecule has 96 valence electrons. The molecule has 0 radical (unpaired) electrons. The molecule has 2 heteroatoms. The molecule has 1 heterocycles. The van der Waals surface area contributed by atoms with Crippen LogP contribution in [0.3, 0.4) is 0 Å². The maximum absolute atomic E-state index is 10.8. The van der Waals surface area contributed by atoms with Gasteiger partial charge >= 0.3 is 0 Å². The van der Waals surface area contributed by atoms with Crippen molar-refractivity contribution in [2.75, 3.05) is 13.1 Å². The van der Waals surface area contributed by atoms with Crippen LogP contribution < -0.4 is 0 Å². The van der Waals surface area contributed by atoms with Crippen molar-refractivity contribution in [2.45, 2.75) is 71.4 Å². The Bertz CT molecular complexity index is 201. The van der Waals surface area contributed by atoms with Crippen molar-refractivity contribution >= 4 is 0 Å². The number of hydrogen-bond donors (Lipinski definition) is 1. The molecular formula is C14H29NO. The van der Waals surface area contributed by atoms with Crippen LogP contribution >= 0.6 is 0 Å². The molecule has 0 bridgehead atoms. The van der Waals surface area contributed by atoms with Gasteiger partial charge in [-0.05, 0) is 45.6 Å². The summed E-state index contributed by atoms with van der Waals surface area (Å²) in [5.41, 5.74) is -0.396. The van der Waals surface area contributed by atoms with Crippen LogP contribution in [-0.4, -0.2) is 34.7 Å². The van der Waals surface area contributed by atoms with Gasteiger partial charge in [-0.15, -0.1) is 0 Å². The predicted octanol–water partition coefficient (Wildman–Crippen LogP) is 3.05. The molecule has 0 aromatic rings. The normalized spacial score (nSPS) is 28.7. The summed E-state index contributed by atoms with van der Waals surface area (Å²) < 4.78 is 0. The van der Waals surface area contributed by atoms with E-state index >= 15 is 0 Å². The summed E-state index contributed by atoms with van der Waals surface area (Å²) >= 11 is 0. The zero-order valence-corrected chi connectivity index (χ0v) is 11.5. The monoisotopic (exact) mass is 227 g/mol. The lowest BCUT2D eigenvalue weighted by Gasteiger charge is -2.35. The Morgan fingerprint density at radius 2 is 1.75 bits per heavy atom. The van der Waals surface area contributed by atoms with E-state index in [9.17, 15) is 5.11 Å². The second-order valence-electron chi connectivity index (χ2n) is 5.60. The summed E-state index contributed by atoms with van der Waals surface area (Å²) in [6.07, 6.45) is 5.30. The summed E-state index contributed by atoms with van der Waals surface area (Å²) in [6.45, 7) is 11.1. The molecule has 16 heavy (non-hydrogen) atoms. The molecule has 0 amide bonds. The SMILES string of the molecule is CCC(CC)C1(O)CCCN(C(C)C)CC1. The molecule has 0 saturated carbocycles. The van der Waals surface area contributed by atoms with Crippen molar-refractivity contribution in [2.24, 2.45) is 5.92 Å². The van der Waals surface area contributed by atoms with Gasteiger partial charge in [-0.25, -0.2) is 0 Å². The average Bonchev–Trinajstić information content (AvgIpc) is 2.43. The maximum Gasteiger partial charge on any atom is 0.0688 e. The third kappa shape index (κ3) is 3.21. The van der Waals surface area contributed by atoms with Crippen LogP contribution in [0, 0.1) is 5.92 Å². The molecular weight excluding hydrogens is 198 g/mol. The Morgan fingerprint density at radius 1 is 1.12 bits per heavy atom. The number of aliphatic hydroxyl groups is 1. The largest absolute Gasteiger partial charge is 0.390 e. The van der Waals surface area contributed by atoms with E-state index in [1.54, 1.807) is 0 Å². The third-order valence-electron chi connectivity index (χ3n) is 4.36. The minimum atomic E-state index is -0.396. The van der Waals surface area contributed by atoms with Crippen molar-refractivity contribution in [3.05, 3.63) is 0 Å². The van der Waals surface area contributed by atoms with Crippen LogP contribution in [0.5, 0.6) is 0 Å². The summed E-state index contributed by atoms with van der Waals surface area (Å²) in [7, 11) is 0. The van der Waals surface area contributed by atoms with Gasteiger partial charge in [0, 0.05) is 12.6 Å². The first-order valence-corrected chi connectivity index (χ1v) is 7.00. The van der Waals surface area contributed by atoms with Crippen LogP contribution in [0.15, 0.2) is 0 Å². The van der Waals surface area contributed by atoms with E-state index in [1.807, 2.05) is 0 Å². The zero-order chi connectivity index (χ0) is 12.2. The Morgan fingerprint density at radius 3 is 2.25 bits per heavy atom. The van der Waals surface area contributed by atoms with Crippen LogP contribution in [0.25, 0.3) is 0 Å². The van der Waals surface area contributed by atoms with E-state index < -0.39 is 5.60 Å². The van der Waals surface area contributed by atoms with Gasteiger partial charge in [0.25, 0.3) is 0 Å². The van der Waals surface area contributed by atoms with Crippen LogP contribution in [0.4, 0.5) is 0 Å². The lowest BCUT2D eigenvalue weighted by atomic mass is 9.78. The van der Waals surface area contributed by atoms with Gasteiger partial charge < -0.3 is 10.0 Å². The number of likely N-dealkylation sites (tertiary alicyclic amines) is 1. The Labute approximate surface area is 101 Å². The Hall–Kier alpha value is -0.0800. The topological polar surface area (TPSA) is 23.5 Å². The van der Waals surface area contributed by atoms with Gasteiger partial charge in [-0.2, -0.15) is 0 Å². The van der Waals surface area contributed by atoms with E-state index in [2.05, 4.69) is 32.6 Å². The van der Waals surface area contributed by atoms with Crippen LogP contribution in [0.2, 0.25) is 0 Å². The van der Waals surface area contributed by atoms with E-state index in [0.29, 0.717) is 12.0 Å². The highest BCUT2D eigenvalue weighted by atomic mass is 16.3. The molecule has 2 nitrogen and oxygen atoms in total. The quantitative estimate of drug-likeness (QED) is 0.798. The maximum atomic E-state index is 10.8. The second-order valence-corrected chi connectivity index (χ2v) is 5.60. The molecule has 1 rings (SSSR count). The fraction of sp³-hybridized carbons (Fsp3) is 1.00. The molecule has 1 N–H and O–H groups in total. The molecule has 1 atom stereocenters. The van der Waals surface area contributed by atoms with Crippen molar-refractivity contribution in [1.29, 1.82) is 0 Å². The fourth-order valence-corrected chi connectivity index (χ4v) is 3.14. The third-order valence-corrected chi connectivity index (χ3v) is 4.36. The average molecular weight is 227 g/mol. The van der Waals surface area contributed by atoms with Gasteiger partial charge in [-0.3, -0.25) is 0 Å². The molecule has 1 unspecified atom stereocenters. The fourth-order valence-electron chi connectivity index (χ4n) is 3.14. The smallest absolute Gasteiger partial charge is 0.0688 e. The molecule has 0 aromatic heterocycles. The highest BCUT2D eigenvalue weighted by molar-refractivity contribution is 4.89. The predicted molar refractivity (Wildman–Crippen MR) is 69.6 cm³/mol. The summed E-state index contributed by atoms with van der Waals surface area (Å²) in [5, 5.41) is 10.8. The van der Waals surface area contributed by atoms with Crippen molar-refractivity contribution < 1.29 is 5.11 Å². The molecule has 1 aliphatic heterocycles. The second kappa shape index (κ2) is 6.02. The summed E-state index contributed by atoms with van der Waals surface area (Å²) in [6, 6.07) is 0.615. The number of hydrogen-bond acceptors (Lipinski definition) is 2. The molecule has 0 aliphatic carbocycles. The Balaban J connectivity index is 2.63. The highest BCUT2D eigenvalue weighted by Crippen LogP contribution is 2.34. The molecule has 0 aromatic carbocycles. The number of nitrogens with zero attached hydrogens (tertiary/aromatic N) is 1. The minimum Gasteiger partial charge on any atom is -0.390 e. The lowest BCUT2D eigenvalue weighted by molar-refractivity contribution is -0.0347.